The first kappa shape index (κ1) is 73.7. The highest BCUT2D eigenvalue weighted by molar-refractivity contribution is 6.07. The van der Waals surface area contributed by atoms with Crippen molar-refractivity contribution in [2.45, 2.75) is 96.9 Å². The summed E-state index contributed by atoms with van der Waals surface area (Å²) in [7, 11) is 0. The molecule has 0 radical (unpaired) electrons. The summed E-state index contributed by atoms with van der Waals surface area (Å²) in [5.74, 6) is 14.6. The number of fused-ring (bicyclic) bond motifs is 14. The average molecular weight is 1520 g/mol. The highest BCUT2D eigenvalue weighted by Gasteiger charge is 2.24. The first-order valence-electron chi connectivity index (χ1n) is 40.6. The summed E-state index contributed by atoms with van der Waals surface area (Å²) in [4.78, 5) is 40.8. The maximum absolute atomic E-state index is 5.63. The quantitative estimate of drug-likeness (QED) is 0.116. The minimum Gasteiger partial charge on any atom is -0.354 e. The van der Waals surface area contributed by atoms with Crippen molar-refractivity contribution in [2.24, 2.45) is 0 Å². The van der Waals surface area contributed by atoms with Crippen LogP contribution in [0, 0.1) is 121 Å². The van der Waals surface area contributed by atoms with Gasteiger partial charge in [0.1, 0.15) is 0 Å². The predicted octanol–water partition coefficient (Wildman–Crippen LogP) is 27.3. The van der Waals surface area contributed by atoms with Crippen molar-refractivity contribution in [1.29, 1.82) is 0 Å². The van der Waals surface area contributed by atoms with Crippen LogP contribution in [0.3, 0.4) is 0 Å². The summed E-state index contributed by atoms with van der Waals surface area (Å²) < 4.78 is 0. The zero-order chi connectivity index (χ0) is 81.1. The molecule has 8 bridgehead atoms. The van der Waals surface area contributed by atoms with Gasteiger partial charge in [0, 0.05) is 110 Å². The van der Waals surface area contributed by atoms with Crippen molar-refractivity contribution in [3.63, 3.8) is 0 Å². The fourth-order valence-corrected chi connectivity index (χ4v) is 18.4. The number of aromatic amines is 2. The summed E-state index contributed by atoms with van der Waals surface area (Å²) in [6, 6.07) is 82.0. The van der Waals surface area contributed by atoms with Crippen molar-refractivity contribution in [3.8, 4) is 113 Å². The summed E-state index contributed by atoms with van der Waals surface area (Å²) in [6.07, 6.45) is 8.61. The molecule has 2 N–H and O–H groups in total. The molecule has 0 saturated carbocycles. The van der Waals surface area contributed by atoms with E-state index in [1.807, 2.05) is 0 Å². The summed E-state index contributed by atoms with van der Waals surface area (Å²) >= 11 is 0. The van der Waals surface area contributed by atoms with E-state index in [1.54, 1.807) is 0 Å². The molecule has 2 aliphatic heterocycles. The molecule has 17 aromatic rings. The number of hydrogen-bond acceptors (Lipinski definition) is 6. The molecule has 0 spiro atoms. The Labute approximate surface area is 689 Å². The SMILES string of the molecule is Cc1cc(C)c(-c2ccc3ccc4ccc(-c5c(C)c(C)c(C#Cc6ccc(-c7c8nc(c(-c9ccccc9)c9ccc([nH]9)c(-c9ccc(C#Cc%10c(C)c(C)c(-c%11ccc%12ccc%13ccc(-c%14c(C)cc(C)cc%14C)nc%13c%12n%11)c(C)c%10C)cc9)c9nc(c(-c%10ccccc%10)c%10ccc7[nH]%10)C=C9)C=C8)cc6)c(C)c5C)nc4c3n2)c(C)c1. The van der Waals surface area contributed by atoms with Crippen LogP contribution in [-0.4, -0.2) is 39.9 Å². The lowest BCUT2D eigenvalue weighted by atomic mass is 9.87. The zero-order valence-corrected chi connectivity index (χ0v) is 68.9. The molecule has 0 fully saturated rings. The standard InChI is InChI=1S/C110H86N8/c1-61-57-63(3)99(64(4)58-61)87-45-39-81-35-37-83-41-47-89(117-109(83)107(81)115-87)101-71(11)67(7)85(68(8)72(101)12)43-29-75-25-31-79(32-26-75)105-95-53-49-91(111-95)103(77-21-17-15-18-22-77)93-51-55-97(113-93)106(98-56-52-94(114-98)104(78-23-19-16-20-24-78)92-50-54-96(105)112-92)80-33-27-76(28-34-80)30-44-86-69(9)73(13)102(74(14)70(86)10)90-48-42-84-38-36-82-40-46-88(116-108(82)110(84)118-90)100-65(5)59-62(2)60-66(100)6/h15-28,31-42,45-60,111,114H,1-14H3. The van der Waals surface area contributed by atoms with Gasteiger partial charge in [0.2, 0.25) is 0 Å². The average Bonchev–Trinajstić information content (AvgIpc) is 1.10. The van der Waals surface area contributed by atoms with Gasteiger partial charge in [-0.2, -0.15) is 0 Å². The number of nitrogens with zero attached hydrogens (tertiary/aromatic N) is 6. The third-order valence-electron chi connectivity index (χ3n) is 24.6. The van der Waals surface area contributed by atoms with Gasteiger partial charge in [-0.25, -0.2) is 29.9 Å². The Morgan fingerprint density at radius 1 is 0.220 bits per heavy atom. The largest absolute Gasteiger partial charge is 0.354 e. The van der Waals surface area contributed by atoms with Gasteiger partial charge in [0.15, 0.2) is 0 Å². The van der Waals surface area contributed by atoms with E-state index in [9.17, 15) is 0 Å². The highest BCUT2D eigenvalue weighted by Crippen LogP contribution is 2.43. The molecule has 8 heteroatoms. The van der Waals surface area contributed by atoms with E-state index in [-0.39, 0.29) is 0 Å². The van der Waals surface area contributed by atoms with Crippen LogP contribution in [0.15, 0.2) is 231 Å². The van der Waals surface area contributed by atoms with E-state index in [2.05, 4.69) is 385 Å². The smallest absolute Gasteiger partial charge is 0.0972 e. The van der Waals surface area contributed by atoms with Crippen molar-refractivity contribution >= 4 is 90.0 Å². The van der Waals surface area contributed by atoms with E-state index in [1.165, 1.54) is 44.5 Å². The number of nitrogens with one attached hydrogen (secondary N) is 2. The Morgan fingerprint density at radius 2 is 0.475 bits per heavy atom. The van der Waals surface area contributed by atoms with E-state index in [0.29, 0.717) is 0 Å². The molecule has 10 aromatic carbocycles. The number of hydrogen-bond donors (Lipinski definition) is 2. The number of aryl methyl sites for hydroxylation is 6. The Morgan fingerprint density at radius 3 is 0.754 bits per heavy atom. The molecule has 0 amide bonds. The lowest BCUT2D eigenvalue weighted by Gasteiger charge is -2.18. The normalized spacial score (nSPS) is 11.8. The van der Waals surface area contributed by atoms with Gasteiger partial charge in [-0.3, -0.25) is 0 Å². The molecule has 118 heavy (non-hydrogen) atoms. The molecule has 0 atom stereocenters. The molecule has 19 rings (SSSR count). The first-order chi connectivity index (χ1) is 57.2. The number of pyridine rings is 4. The van der Waals surface area contributed by atoms with Gasteiger partial charge in [0.25, 0.3) is 0 Å². The molecular weight excluding hydrogens is 1430 g/mol. The monoisotopic (exact) mass is 1520 g/mol. The maximum atomic E-state index is 5.63. The Kier molecular flexibility index (Phi) is 18.4. The van der Waals surface area contributed by atoms with Crippen LogP contribution in [0.5, 0.6) is 0 Å². The van der Waals surface area contributed by atoms with Gasteiger partial charge >= 0.3 is 0 Å². The van der Waals surface area contributed by atoms with Gasteiger partial charge in [-0.1, -0.05) is 193 Å². The fourth-order valence-electron chi connectivity index (χ4n) is 18.4. The van der Waals surface area contributed by atoms with E-state index < -0.39 is 0 Å². The summed E-state index contributed by atoms with van der Waals surface area (Å²) in [5, 5.41) is 4.25. The third kappa shape index (κ3) is 13.0. The van der Waals surface area contributed by atoms with Crippen LogP contribution in [0.2, 0.25) is 0 Å². The van der Waals surface area contributed by atoms with Gasteiger partial charge < -0.3 is 9.97 Å². The second-order valence-electron chi connectivity index (χ2n) is 32.1. The number of rotatable bonds is 8. The van der Waals surface area contributed by atoms with E-state index in [4.69, 9.17) is 29.9 Å². The zero-order valence-electron chi connectivity index (χ0n) is 68.9. The van der Waals surface area contributed by atoms with Gasteiger partial charge in [-0.05, 0) is 283 Å². The van der Waals surface area contributed by atoms with E-state index in [0.717, 1.165) is 234 Å². The lowest BCUT2D eigenvalue weighted by Crippen LogP contribution is -2.02. The summed E-state index contributed by atoms with van der Waals surface area (Å²) in [6.45, 7) is 30.6. The third-order valence-corrected chi connectivity index (χ3v) is 24.6. The van der Waals surface area contributed by atoms with Crippen LogP contribution < -0.4 is 0 Å². The van der Waals surface area contributed by atoms with Crippen LogP contribution in [0.4, 0.5) is 0 Å². The first-order valence-corrected chi connectivity index (χ1v) is 40.6. The fraction of sp³-hybridized carbons (Fsp3) is 0.127. The van der Waals surface area contributed by atoms with Gasteiger partial charge in [0.05, 0.1) is 67.6 Å². The second kappa shape index (κ2) is 29.4. The van der Waals surface area contributed by atoms with Crippen LogP contribution in [-0.2, 0) is 0 Å². The molecule has 2 aliphatic rings. The minimum atomic E-state index is 0.829. The molecule has 9 heterocycles. The maximum Gasteiger partial charge on any atom is 0.0972 e. The number of aromatic nitrogens is 8. The summed E-state index contributed by atoms with van der Waals surface area (Å²) in [5.41, 5.74) is 47.4. The Bertz CT molecular complexity index is 7000. The predicted molar refractivity (Wildman–Crippen MR) is 495 cm³/mol. The van der Waals surface area contributed by atoms with Crippen LogP contribution >= 0.6 is 0 Å². The second-order valence-corrected chi connectivity index (χ2v) is 32.1. The highest BCUT2D eigenvalue weighted by atomic mass is 14.8. The molecule has 566 valence electrons. The molecule has 0 saturated heterocycles. The topological polar surface area (TPSA) is 109 Å². The van der Waals surface area contributed by atoms with Crippen molar-refractivity contribution in [3.05, 3.63) is 353 Å². The molecule has 0 unspecified atom stereocenters. The van der Waals surface area contributed by atoms with Crippen molar-refractivity contribution in [1.82, 2.24) is 39.9 Å². The Hall–Kier alpha value is -14.4. The molecular formula is C110H86N8. The number of H-pyrrole nitrogens is 2. The van der Waals surface area contributed by atoms with Crippen molar-refractivity contribution < 1.29 is 0 Å². The Balaban J connectivity index is 0.675. The molecule has 8 nitrogen and oxygen atoms in total. The van der Waals surface area contributed by atoms with Crippen LogP contribution in [0.1, 0.15) is 123 Å². The molecule has 0 aliphatic carbocycles. The lowest BCUT2D eigenvalue weighted by molar-refractivity contribution is 1.21. The number of benzene rings is 10. The van der Waals surface area contributed by atoms with Crippen molar-refractivity contribution in [2.75, 3.05) is 0 Å². The van der Waals surface area contributed by atoms with Gasteiger partial charge in [-0.15, -0.1) is 0 Å². The minimum absolute atomic E-state index is 0.829. The molecule has 7 aromatic heterocycles. The van der Waals surface area contributed by atoms with E-state index >= 15 is 0 Å². The van der Waals surface area contributed by atoms with Crippen LogP contribution in [0.25, 0.3) is 180 Å².